The number of carbonyl (C=O) groups excluding carboxylic acids is 1. The van der Waals surface area contributed by atoms with Gasteiger partial charge in [-0.25, -0.2) is 4.98 Å². The number of hydrogen-bond acceptors (Lipinski definition) is 7. The Labute approximate surface area is 109 Å². The molecule has 0 unspecified atom stereocenters. The maximum absolute atomic E-state index is 11.3. The van der Waals surface area contributed by atoms with E-state index in [0.29, 0.717) is 36.2 Å². The largest absolute Gasteiger partial charge is 0.397 e. The highest BCUT2D eigenvalue weighted by Crippen LogP contribution is 2.14. The number of anilines is 2. The second-order valence-electron chi connectivity index (χ2n) is 3.94. The van der Waals surface area contributed by atoms with E-state index in [1.54, 1.807) is 6.92 Å². The second kappa shape index (κ2) is 5.34. The van der Waals surface area contributed by atoms with Crippen LogP contribution in [0.2, 0.25) is 0 Å². The highest BCUT2D eigenvalue weighted by molar-refractivity contribution is 5.98. The zero-order valence-corrected chi connectivity index (χ0v) is 10.4. The maximum atomic E-state index is 11.3. The average Bonchev–Trinajstić information content (AvgIpc) is 2.77. The van der Waals surface area contributed by atoms with Gasteiger partial charge in [0.15, 0.2) is 5.82 Å². The molecule has 0 aromatic carbocycles. The Bertz CT molecular complexity index is 595. The van der Waals surface area contributed by atoms with Crippen molar-refractivity contribution in [3.05, 3.63) is 29.5 Å². The first kappa shape index (κ1) is 12.8. The molecule has 0 radical (unpaired) electrons. The average molecular weight is 262 g/mol. The predicted molar refractivity (Wildman–Crippen MR) is 68.4 cm³/mol. The van der Waals surface area contributed by atoms with E-state index in [9.17, 15) is 4.79 Å². The van der Waals surface area contributed by atoms with Gasteiger partial charge < -0.3 is 21.3 Å². The molecule has 0 bridgehead atoms. The lowest BCUT2D eigenvalue weighted by Gasteiger charge is -2.08. The highest BCUT2D eigenvalue weighted by atomic mass is 16.5. The standard InChI is InChI=1S/C11H14N6O2/c1-6-16-9(17-19-6)2-3-14-11-8(10(13)18)4-7(12)5-15-11/h4-5H,2-3,12H2,1H3,(H2,13,18)(H,14,15). The number of hydrogen-bond donors (Lipinski definition) is 3. The Hall–Kier alpha value is -2.64. The number of nitrogens with two attached hydrogens (primary N) is 2. The van der Waals surface area contributed by atoms with Crippen molar-refractivity contribution in [2.75, 3.05) is 17.6 Å². The molecule has 0 saturated carbocycles. The van der Waals surface area contributed by atoms with Crippen LogP contribution in [0.15, 0.2) is 16.8 Å². The van der Waals surface area contributed by atoms with Gasteiger partial charge in [-0.15, -0.1) is 0 Å². The van der Waals surface area contributed by atoms with Gasteiger partial charge in [-0.3, -0.25) is 4.79 Å². The molecule has 8 nitrogen and oxygen atoms in total. The van der Waals surface area contributed by atoms with Crippen molar-refractivity contribution in [3.63, 3.8) is 0 Å². The summed E-state index contributed by atoms with van der Waals surface area (Å²) in [5, 5.41) is 6.75. The van der Waals surface area contributed by atoms with Crippen molar-refractivity contribution in [1.29, 1.82) is 0 Å². The normalized spacial score (nSPS) is 10.4. The van der Waals surface area contributed by atoms with Crippen LogP contribution in [0.1, 0.15) is 22.1 Å². The van der Waals surface area contributed by atoms with Crippen molar-refractivity contribution < 1.29 is 9.32 Å². The second-order valence-corrected chi connectivity index (χ2v) is 3.94. The Balaban J connectivity index is 2.01. The van der Waals surface area contributed by atoms with Crippen LogP contribution in [-0.2, 0) is 6.42 Å². The van der Waals surface area contributed by atoms with Gasteiger partial charge >= 0.3 is 0 Å². The molecule has 0 saturated heterocycles. The summed E-state index contributed by atoms with van der Waals surface area (Å²) in [7, 11) is 0. The summed E-state index contributed by atoms with van der Waals surface area (Å²) in [6, 6.07) is 1.48. The summed E-state index contributed by atoms with van der Waals surface area (Å²) >= 11 is 0. The lowest BCUT2D eigenvalue weighted by molar-refractivity contribution is 0.100. The molecule has 0 spiro atoms. The third kappa shape index (κ3) is 3.18. The van der Waals surface area contributed by atoms with Gasteiger partial charge in [0.05, 0.1) is 17.4 Å². The number of aromatic nitrogens is 3. The molecule has 19 heavy (non-hydrogen) atoms. The van der Waals surface area contributed by atoms with Crippen molar-refractivity contribution in [1.82, 2.24) is 15.1 Å². The van der Waals surface area contributed by atoms with E-state index in [-0.39, 0.29) is 5.56 Å². The first-order chi connectivity index (χ1) is 9.06. The van der Waals surface area contributed by atoms with Crippen molar-refractivity contribution >= 4 is 17.4 Å². The van der Waals surface area contributed by atoms with Crippen LogP contribution in [0.25, 0.3) is 0 Å². The van der Waals surface area contributed by atoms with Crippen LogP contribution < -0.4 is 16.8 Å². The molecule has 100 valence electrons. The van der Waals surface area contributed by atoms with E-state index in [4.69, 9.17) is 16.0 Å². The fraction of sp³-hybridized carbons (Fsp3) is 0.273. The SMILES string of the molecule is Cc1nc(CCNc2ncc(N)cc2C(N)=O)no1. The fourth-order valence-electron chi connectivity index (χ4n) is 1.55. The summed E-state index contributed by atoms with van der Waals surface area (Å²) in [5.74, 6) is 0.902. The molecule has 5 N–H and O–H groups in total. The lowest BCUT2D eigenvalue weighted by Crippen LogP contribution is -2.17. The molecule has 1 amide bonds. The van der Waals surface area contributed by atoms with Gasteiger partial charge in [0.1, 0.15) is 5.82 Å². The monoisotopic (exact) mass is 262 g/mol. The number of amides is 1. The molecule has 0 aliphatic heterocycles. The number of pyridine rings is 1. The third-order valence-corrected chi connectivity index (χ3v) is 2.38. The van der Waals surface area contributed by atoms with Crippen LogP contribution in [0.5, 0.6) is 0 Å². The number of rotatable bonds is 5. The molecule has 0 aliphatic rings. The lowest BCUT2D eigenvalue weighted by atomic mass is 10.2. The van der Waals surface area contributed by atoms with Gasteiger partial charge in [-0.1, -0.05) is 5.16 Å². The summed E-state index contributed by atoms with van der Waals surface area (Å²) in [4.78, 5) is 19.4. The van der Waals surface area contributed by atoms with E-state index < -0.39 is 5.91 Å². The van der Waals surface area contributed by atoms with Gasteiger partial charge in [0, 0.05) is 19.9 Å². The van der Waals surface area contributed by atoms with Crippen LogP contribution in [0.3, 0.4) is 0 Å². The molecule has 0 aliphatic carbocycles. The molecule has 2 aromatic heterocycles. The molecule has 0 fully saturated rings. The molecule has 2 aromatic rings. The summed E-state index contributed by atoms with van der Waals surface area (Å²) in [5.41, 5.74) is 11.4. The first-order valence-electron chi connectivity index (χ1n) is 5.64. The van der Waals surface area contributed by atoms with Crippen molar-refractivity contribution in [2.24, 2.45) is 5.73 Å². The Morgan fingerprint density at radius 2 is 2.32 bits per heavy atom. The van der Waals surface area contributed by atoms with Crippen molar-refractivity contribution in [3.8, 4) is 0 Å². The highest BCUT2D eigenvalue weighted by Gasteiger charge is 2.10. The Kier molecular flexibility index (Phi) is 3.60. The number of carbonyl (C=O) groups is 1. The van der Waals surface area contributed by atoms with Crippen LogP contribution >= 0.6 is 0 Å². The zero-order valence-electron chi connectivity index (χ0n) is 10.4. The van der Waals surface area contributed by atoms with Gasteiger partial charge in [-0.2, -0.15) is 4.98 Å². The molecule has 2 rings (SSSR count). The van der Waals surface area contributed by atoms with Gasteiger partial charge in [0.25, 0.3) is 5.91 Å². The van der Waals surface area contributed by atoms with E-state index >= 15 is 0 Å². The molecule has 2 heterocycles. The topological polar surface area (TPSA) is 133 Å². The Morgan fingerprint density at radius 3 is 2.95 bits per heavy atom. The molecular formula is C11H14N6O2. The van der Waals surface area contributed by atoms with E-state index in [1.165, 1.54) is 12.3 Å². The Morgan fingerprint density at radius 1 is 1.53 bits per heavy atom. The summed E-state index contributed by atoms with van der Waals surface area (Å²) in [6.07, 6.45) is 1.99. The number of aryl methyl sites for hydroxylation is 1. The minimum absolute atomic E-state index is 0.254. The smallest absolute Gasteiger partial charge is 0.252 e. The minimum atomic E-state index is -0.585. The van der Waals surface area contributed by atoms with Crippen LogP contribution in [0.4, 0.5) is 11.5 Å². The van der Waals surface area contributed by atoms with Crippen molar-refractivity contribution in [2.45, 2.75) is 13.3 Å². The molecule has 0 atom stereocenters. The van der Waals surface area contributed by atoms with Crippen LogP contribution in [0, 0.1) is 6.92 Å². The van der Waals surface area contributed by atoms with Crippen LogP contribution in [-0.4, -0.2) is 27.6 Å². The number of nitrogens with one attached hydrogen (secondary N) is 1. The molecule has 8 heteroatoms. The zero-order chi connectivity index (χ0) is 13.8. The summed E-state index contributed by atoms with van der Waals surface area (Å²) < 4.78 is 4.85. The van der Waals surface area contributed by atoms with Gasteiger partial charge in [-0.05, 0) is 6.07 Å². The fourth-order valence-corrected chi connectivity index (χ4v) is 1.55. The number of nitrogens with zero attached hydrogens (tertiary/aromatic N) is 3. The van der Waals surface area contributed by atoms with Gasteiger partial charge in [0.2, 0.25) is 5.89 Å². The van der Waals surface area contributed by atoms with E-state index in [2.05, 4.69) is 20.4 Å². The summed E-state index contributed by atoms with van der Waals surface area (Å²) in [6.45, 7) is 2.22. The maximum Gasteiger partial charge on any atom is 0.252 e. The first-order valence-corrected chi connectivity index (χ1v) is 5.64. The number of primary amides is 1. The molecular weight excluding hydrogens is 248 g/mol. The number of nitrogen functional groups attached to an aromatic ring is 1. The third-order valence-electron chi connectivity index (χ3n) is 2.38. The van der Waals surface area contributed by atoms with E-state index in [0.717, 1.165) is 0 Å². The quantitative estimate of drug-likeness (QED) is 0.696. The predicted octanol–water partition coefficient (Wildman–Crippen LogP) is 0.109. The minimum Gasteiger partial charge on any atom is -0.397 e. The van der Waals surface area contributed by atoms with E-state index in [1.807, 2.05) is 0 Å².